The van der Waals surface area contributed by atoms with Gasteiger partial charge in [-0.25, -0.2) is 0 Å². The molecule has 0 saturated carbocycles. The SMILES string of the molecule is CCOCC(C)OCC(N)c1ccc(C)cc1. The minimum absolute atomic E-state index is 0.0697. The molecule has 3 nitrogen and oxygen atoms in total. The monoisotopic (exact) mass is 237 g/mol. The third-order valence-corrected chi connectivity index (χ3v) is 2.62. The van der Waals surface area contributed by atoms with Crippen LogP contribution in [0.1, 0.15) is 31.0 Å². The maximum atomic E-state index is 6.06. The van der Waals surface area contributed by atoms with E-state index in [1.807, 2.05) is 13.8 Å². The average Bonchev–Trinajstić information content (AvgIpc) is 2.34. The predicted molar refractivity (Wildman–Crippen MR) is 70.0 cm³/mol. The number of nitrogens with two attached hydrogens (primary N) is 1. The second-order valence-corrected chi connectivity index (χ2v) is 4.32. The van der Waals surface area contributed by atoms with Crippen molar-refractivity contribution in [3.63, 3.8) is 0 Å². The zero-order valence-corrected chi connectivity index (χ0v) is 11.0. The molecule has 0 aromatic heterocycles. The van der Waals surface area contributed by atoms with E-state index in [-0.39, 0.29) is 12.1 Å². The molecule has 3 heteroatoms. The van der Waals surface area contributed by atoms with Gasteiger partial charge in [0.15, 0.2) is 0 Å². The molecule has 0 aliphatic heterocycles. The Labute approximate surface area is 104 Å². The Bertz CT molecular complexity index is 311. The van der Waals surface area contributed by atoms with Crippen molar-refractivity contribution in [2.45, 2.75) is 32.9 Å². The smallest absolute Gasteiger partial charge is 0.0781 e. The van der Waals surface area contributed by atoms with Crippen LogP contribution >= 0.6 is 0 Å². The summed E-state index contributed by atoms with van der Waals surface area (Å²) in [7, 11) is 0. The van der Waals surface area contributed by atoms with E-state index in [1.165, 1.54) is 5.56 Å². The summed E-state index contributed by atoms with van der Waals surface area (Å²) in [6, 6.07) is 8.17. The van der Waals surface area contributed by atoms with Crippen LogP contribution in [0.5, 0.6) is 0 Å². The summed E-state index contributed by atoms with van der Waals surface area (Å²) in [6.45, 7) is 7.91. The van der Waals surface area contributed by atoms with E-state index in [9.17, 15) is 0 Å². The Morgan fingerprint density at radius 2 is 1.82 bits per heavy atom. The lowest BCUT2D eigenvalue weighted by atomic mass is 10.1. The first-order valence-electron chi connectivity index (χ1n) is 6.15. The van der Waals surface area contributed by atoms with E-state index in [2.05, 4.69) is 31.2 Å². The first kappa shape index (κ1) is 14.2. The van der Waals surface area contributed by atoms with Crippen LogP contribution < -0.4 is 5.73 Å². The number of ether oxygens (including phenoxy) is 2. The Hall–Kier alpha value is -0.900. The molecule has 2 atom stereocenters. The van der Waals surface area contributed by atoms with Crippen molar-refractivity contribution in [1.29, 1.82) is 0 Å². The van der Waals surface area contributed by atoms with Crippen LogP contribution in [-0.2, 0) is 9.47 Å². The molecule has 0 aliphatic carbocycles. The van der Waals surface area contributed by atoms with E-state index in [0.29, 0.717) is 13.2 Å². The average molecular weight is 237 g/mol. The Morgan fingerprint density at radius 1 is 1.18 bits per heavy atom. The molecule has 0 aliphatic rings. The highest BCUT2D eigenvalue weighted by Gasteiger charge is 2.08. The van der Waals surface area contributed by atoms with Gasteiger partial charge in [0, 0.05) is 6.61 Å². The summed E-state index contributed by atoms with van der Waals surface area (Å²) in [5.74, 6) is 0. The summed E-state index contributed by atoms with van der Waals surface area (Å²) in [6.07, 6.45) is 0.0893. The molecule has 2 unspecified atom stereocenters. The first-order valence-corrected chi connectivity index (χ1v) is 6.15. The second-order valence-electron chi connectivity index (χ2n) is 4.32. The van der Waals surface area contributed by atoms with Gasteiger partial charge in [0.1, 0.15) is 0 Å². The molecule has 0 saturated heterocycles. The van der Waals surface area contributed by atoms with Crippen molar-refractivity contribution >= 4 is 0 Å². The van der Waals surface area contributed by atoms with Gasteiger partial charge in [-0.1, -0.05) is 29.8 Å². The molecule has 0 amide bonds. The summed E-state index contributed by atoms with van der Waals surface area (Å²) < 4.78 is 10.9. The molecule has 17 heavy (non-hydrogen) atoms. The van der Waals surface area contributed by atoms with Gasteiger partial charge in [-0.05, 0) is 26.3 Å². The van der Waals surface area contributed by atoms with E-state index in [1.54, 1.807) is 0 Å². The topological polar surface area (TPSA) is 44.5 Å². The Morgan fingerprint density at radius 3 is 2.41 bits per heavy atom. The van der Waals surface area contributed by atoms with Crippen molar-refractivity contribution in [3.8, 4) is 0 Å². The van der Waals surface area contributed by atoms with Crippen molar-refractivity contribution in [2.75, 3.05) is 19.8 Å². The fraction of sp³-hybridized carbons (Fsp3) is 0.571. The van der Waals surface area contributed by atoms with Crippen molar-refractivity contribution in [2.24, 2.45) is 5.73 Å². The number of rotatable bonds is 7. The minimum atomic E-state index is -0.0697. The third-order valence-electron chi connectivity index (χ3n) is 2.62. The van der Waals surface area contributed by atoms with E-state index in [0.717, 1.165) is 12.2 Å². The largest absolute Gasteiger partial charge is 0.379 e. The zero-order valence-electron chi connectivity index (χ0n) is 11.0. The van der Waals surface area contributed by atoms with Crippen LogP contribution in [0.2, 0.25) is 0 Å². The van der Waals surface area contributed by atoms with Crippen LogP contribution in [0.25, 0.3) is 0 Å². The second kappa shape index (κ2) is 7.43. The fourth-order valence-electron chi connectivity index (χ4n) is 1.51. The van der Waals surface area contributed by atoms with Gasteiger partial charge in [-0.2, -0.15) is 0 Å². The number of hydrogen-bond donors (Lipinski definition) is 1. The molecule has 0 bridgehead atoms. The molecule has 2 N–H and O–H groups in total. The van der Waals surface area contributed by atoms with Gasteiger partial charge in [0.05, 0.1) is 25.4 Å². The summed E-state index contributed by atoms with van der Waals surface area (Å²) in [4.78, 5) is 0. The van der Waals surface area contributed by atoms with Gasteiger partial charge in [-0.3, -0.25) is 0 Å². The molecule has 96 valence electrons. The maximum absolute atomic E-state index is 6.06. The van der Waals surface area contributed by atoms with Crippen LogP contribution in [-0.4, -0.2) is 25.9 Å². The maximum Gasteiger partial charge on any atom is 0.0781 e. The van der Waals surface area contributed by atoms with Crippen LogP contribution in [0.3, 0.4) is 0 Å². The molecular weight excluding hydrogens is 214 g/mol. The van der Waals surface area contributed by atoms with Gasteiger partial charge in [0.2, 0.25) is 0 Å². The molecule has 0 spiro atoms. The highest BCUT2D eigenvalue weighted by Crippen LogP contribution is 2.12. The molecule has 1 rings (SSSR count). The molecule has 0 fully saturated rings. The lowest BCUT2D eigenvalue weighted by Gasteiger charge is -2.17. The van der Waals surface area contributed by atoms with Crippen molar-refractivity contribution in [3.05, 3.63) is 35.4 Å². The third kappa shape index (κ3) is 5.31. The fourth-order valence-corrected chi connectivity index (χ4v) is 1.51. The lowest BCUT2D eigenvalue weighted by Crippen LogP contribution is -2.23. The van der Waals surface area contributed by atoms with Crippen LogP contribution in [0, 0.1) is 6.92 Å². The summed E-state index contributed by atoms with van der Waals surface area (Å²) >= 11 is 0. The van der Waals surface area contributed by atoms with Crippen molar-refractivity contribution < 1.29 is 9.47 Å². The van der Waals surface area contributed by atoms with E-state index in [4.69, 9.17) is 15.2 Å². The highest BCUT2D eigenvalue weighted by atomic mass is 16.5. The molecule has 1 aromatic carbocycles. The normalized spacial score (nSPS) is 14.6. The summed E-state index contributed by atoms with van der Waals surface area (Å²) in [5, 5.41) is 0. The number of hydrogen-bond acceptors (Lipinski definition) is 3. The quantitative estimate of drug-likeness (QED) is 0.792. The Balaban J connectivity index is 2.34. The highest BCUT2D eigenvalue weighted by molar-refractivity contribution is 5.23. The zero-order chi connectivity index (χ0) is 12.7. The molecule has 0 heterocycles. The van der Waals surface area contributed by atoms with E-state index < -0.39 is 0 Å². The molecular formula is C14H23NO2. The molecule has 1 aromatic rings. The summed E-state index contributed by atoms with van der Waals surface area (Å²) in [5.41, 5.74) is 8.41. The Kier molecular flexibility index (Phi) is 6.19. The van der Waals surface area contributed by atoms with Gasteiger partial charge >= 0.3 is 0 Å². The lowest BCUT2D eigenvalue weighted by molar-refractivity contribution is -0.00835. The van der Waals surface area contributed by atoms with Crippen LogP contribution in [0.15, 0.2) is 24.3 Å². The van der Waals surface area contributed by atoms with Crippen LogP contribution in [0.4, 0.5) is 0 Å². The van der Waals surface area contributed by atoms with Gasteiger partial charge in [0.25, 0.3) is 0 Å². The first-order chi connectivity index (χ1) is 8.13. The number of aryl methyl sites for hydroxylation is 1. The van der Waals surface area contributed by atoms with Crippen molar-refractivity contribution in [1.82, 2.24) is 0 Å². The minimum Gasteiger partial charge on any atom is -0.379 e. The standard InChI is InChI=1S/C14H23NO2/c1-4-16-9-12(3)17-10-14(15)13-7-5-11(2)6-8-13/h5-8,12,14H,4,9-10,15H2,1-3H3. The van der Waals surface area contributed by atoms with Gasteiger partial charge < -0.3 is 15.2 Å². The van der Waals surface area contributed by atoms with Gasteiger partial charge in [-0.15, -0.1) is 0 Å². The molecule has 0 radical (unpaired) electrons. The predicted octanol–water partition coefficient (Wildman–Crippen LogP) is 2.44. The van der Waals surface area contributed by atoms with E-state index >= 15 is 0 Å². The number of benzene rings is 1.